The van der Waals surface area contributed by atoms with Crippen molar-refractivity contribution in [2.24, 2.45) is 0 Å². The number of ketones is 1. The second-order valence-corrected chi connectivity index (χ2v) is 3.18. The third-order valence-corrected chi connectivity index (χ3v) is 2.42. The third kappa shape index (κ3) is 0.966. The van der Waals surface area contributed by atoms with Crippen molar-refractivity contribution in [2.75, 3.05) is 0 Å². The van der Waals surface area contributed by atoms with Gasteiger partial charge in [0.15, 0.2) is 5.78 Å². The lowest BCUT2D eigenvalue weighted by atomic mass is 10.0. The minimum atomic E-state index is -0.0208. The molecule has 2 aliphatic heterocycles. The van der Waals surface area contributed by atoms with Crippen LogP contribution in [0.2, 0.25) is 0 Å². The zero-order valence-corrected chi connectivity index (χ0v) is 6.01. The Morgan fingerprint density at radius 1 is 1.30 bits per heavy atom. The molecule has 2 atom stereocenters. The molecule has 2 nitrogen and oxygen atoms in total. The molecule has 0 amide bonds. The molecule has 2 heteroatoms. The number of hydrogen-bond donors (Lipinski definition) is 0. The van der Waals surface area contributed by atoms with E-state index in [0.717, 1.165) is 32.1 Å². The average molecular weight is 140 g/mol. The minimum Gasteiger partial charge on any atom is -0.367 e. The van der Waals surface area contributed by atoms with E-state index < -0.39 is 0 Å². The summed E-state index contributed by atoms with van der Waals surface area (Å²) in [6, 6.07) is 0. The Bertz CT molecular complexity index is 153. The van der Waals surface area contributed by atoms with Gasteiger partial charge in [0.1, 0.15) is 6.10 Å². The largest absolute Gasteiger partial charge is 0.367 e. The van der Waals surface area contributed by atoms with Crippen molar-refractivity contribution in [1.82, 2.24) is 0 Å². The van der Waals surface area contributed by atoms with E-state index in [4.69, 9.17) is 4.74 Å². The fourth-order valence-corrected chi connectivity index (χ4v) is 1.82. The Balaban J connectivity index is 2.10. The Labute approximate surface area is 60.6 Å². The lowest BCUT2D eigenvalue weighted by molar-refractivity contribution is -0.128. The number of hydrogen-bond acceptors (Lipinski definition) is 2. The predicted octanol–water partition coefficient (Wildman–Crippen LogP) is 1.29. The molecule has 2 aliphatic rings. The number of ether oxygens (including phenoxy) is 1. The van der Waals surface area contributed by atoms with Gasteiger partial charge >= 0.3 is 0 Å². The third-order valence-electron chi connectivity index (χ3n) is 2.42. The van der Waals surface area contributed by atoms with Crippen molar-refractivity contribution >= 4 is 5.78 Å². The maximum absolute atomic E-state index is 11.1. The normalized spacial score (nSPS) is 39.8. The molecular weight excluding hydrogens is 128 g/mol. The van der Waals surface area contributed by atoms with Crippen LogP contribution in [-0.4, -0.2) is 18.0 Å². The van der Waals surface area contributed by atoms with Crippen LogP contribution in [0, 0.1) is 0 Å². The number of carbonyl (C=O) groups excluding carboxylic acids is 1. The van der Waals surface area contributed by atoms with E-state index in [-0.39, 0.29) is 6.10 Å². The van der Waals surface area contributed by atoms with Crippen LogP contribution in [0.5, 0.6) is 0 Å². The summed E-state index contributed by atoms with van der Waals surface area (Å²) < 4.78 is 5.48. The topological polar surface area (TPSA) is 26.3 Å². The van der Waals surface area contributed by atoms with Gasteiger partial charge in [-0.2, -0.15) is 0 Å². The highest BCUT2D eigenvalue weighted by atomic mass is 16.5. The first-order valence-electron chi connectivity index (χ1n) is 4.04. The van der Waals surface area contributed by atoms with E-state index in [9.17, 15) is 4.79 Å². The van der Waals surface area contributed by atoms with Gasteiger partial charge in [0.25, 0.3) is 0 Å². The van der Waals surface area contributed by atoms with Crippen LogP contribution in [0.3, 0.4) is 0 Å². The van der Waals surface area contributed by atoms with Crippen molar-refractivity contribution < 1.29 is 9.53 Å². The summed E-state index contributed by atoms with van der Waals surface area (Å²) in [5, 5.41) is 0. The molecule has 10 heavy (non-hydrogen) atoms. The SMILES string of the molecule is O=C1CCC[C@H]2CC[C@@H]1O2. The number of rotatable bonds is 0. The van der Waals surface area contributed by atoms with Gasteiger partial charge in [-0.15, -0.1) is 0 Å². The minimum absolute atomic E-state index is 0.0208. The van der Waals surface area contributed by atoms with Crippen molar-refractivity contribution in [1.29, 1.82) is 0 Å². The zero-order valence-electron chi connectivity index (χ0n) is 6.01. The van der Waals surface area contributed by atoms with Crippen molar-refractivity contribution in [3.8, 4) is 0 Å². The fourth-order valence-electron chi connectivity index (χ4n) is 1.82. The van der Waals surface area contributed by atoms with Gasteiger partial charge in [-0.1, -0.05) is 0 Å². The average Bonchev–Trinajstić information content (AvgIpc) is 2.27. The molecule has 2 saturated heterocycles. The van der Waals surface area contributed by atoms with Gasteiger partial charge in [0.05, 0.1) is 6.10 Å². The standard InChI is InChI=1S/C8H12O2/c9-7-3-1-2-6-4-5-8(7)10-6/h6,8H,1-5H2/t6-,8-/m0/s1. The van der Waals surface area contributed by atoms with Gasteiger partial charge in [-0.05, 0) is 25.7 Å². The molecule has 2 rings (SSSR count). The van der Waals surface area contributed by atoms with Crippen LogP contribution in [0.1, 0.15) is 32.1 Å². The molecular formula is C8H12O2. The fraction of sp³-hybridized carbons (Fsp3) is 0.875. The van der Waals surface area contributed by atoms with E-state index in [0.29, 0.717) is 11.9 Å². The van der Waals surface area contributed by atoms with Crippen LogP contribution >= 0.6 is 0 Å². The Kier molecular flexibility index (Phi) is 1.49. The van der Waals surface area contributed by atoms with Crippen LogP contribution in [0.4, 0.5) is 0 Å². The molecule has 0 aromatic carbocycles. The number of fused-ring (bicyclic) bond motifs is 2. The molecule has 56 valence electrons. The summed E-state index contributed by atoms with van der Waals surface area (Å²) in [6.45, 7) is 0. The van der Waals surface area contributed by atoms with Gasteiger partial charge in [0.2, 0.25) is 0 Å². The van der Waals surface area contributed by atoms with E-state index in [2.05, 4.69) is 0 Å². The van der Waals surface area contributed by atoms with Crippen molar-refractivity contribution in [3.05, 3.63) is 0 Å². The van der Waals surface area contributed by atoms with Crippen LogP contribution in [0.15, 0.2) is 0 Å². The molecule has 0 aromatic heterocycles. The number of carbonyl (C=O) groups is 1. The summed E-state index contributed by atoms with van der Waals surface area (Å²) in [6.07, 6.45) is 5.37. The maximum atomic E-state index is 11.1. The van der Waals surface area contributed by atoms with Crippen molar-refractivity contribution in [2.45, 2.75) is 44.3 Å². The summed E-state index contributed by atoms with van der Waals surface area (Å²) in [4.78, 5) is 11.1. The van der Waals surface area contributed by atoms with Crippen LogP contribution in [0.25, 0.3) is 0 Å². The van der Waals surface area contributed by atoms with E-state index >= 15 is 0 Å². The van der Waals surface area contributed by atoms with E-state index in [1.165, 1.54) is 0 Å². The smallest absolute Gasteiger partial charge is 0.161 e. The molecule has 0 unspecified atom stereocenters. The van der Waals surface area contributed by atoms with Gasteiger partial charge in [-0.3, -0.25) is 4.79 Å². The first-order valence-corrected chi connectivity index (χ1v) is 4.04. The molecule has 2 fully saturated rings. The highest BCUT2D eigenvalue weighted by Gasteiger charge is 2.32. The summed E-state index contributed by atoms with van der Waals surface area (Å²) in [7, 11) is 0. The van der Waals surface area contributed by atoms with Crippen LogP contribution < -0.4 is 0 Å². The second-order valence-electron chi connectivity index (χ2n) is 3.18. The molecule has 2 heterocycles. The molecule has 0 N–H and O–H groups in total. The Hall–Kier alpha value is -0.370. The quantitative estimate of drug-likeness (QED) is 0.506. The first kappa shape index (κ1) is 6.35. The van der Waals surface area contributed by atoms with Gasteiger partial charge in [0, 0.05) is 6.42 Å². The highest BCUT2D eigenvalue weighted by Crippen LogP contribution is 2.28. The Morgan fingerprint density at radius 2 is 2.20 bits per heavy atom. The summed E-state index contributed by atoms with van der Waals surface area (Å²) in [5.41, 5.74) is 0. The Morgan fingerprint density at radius 3 is 3.10 bits per heavy atom. The zero-order chi connectivity index (χ0) is 6.97. The lowest BCUT2D eigenvalue weighted by Crippen LogP contribution is -2.17. The molecule has 0 saturated carbocycles. The van der Waals surface area contributed by atoms with Crippen LogP contribution in [-0.2, 0) is 9.53 Å². The molecule has 0 aromatic rings. The molecule has 0 aliphatic carbocycles. The monoisotopic (exact) mass is 140 g/mol. The molecule has 0 spiro atoms. The lowest BCUT2D eigenvalue weighted by Gasteiger charge is -2.04. The van der Waals surface area contributed by atoms with Gasteiger partial charge in [-0.25, -0.2) is 0 Å². The molecule has 2 bridgehead atoms. The van der Waals surface area contributed by atoms with E-state index in [1.54, 1.807) is 0 Å². The molecule has 0 radical (unpaired) electrons. The van der Waals surface area contributed by atoms with Gasteiger partial charge < -0.3 is 4.74 Å². The van der Waals surface area contributed by atoms with Crippen molar-refractivity contribution in [3.63, 3.8) is 0 Å². The highest BCUT2D eigenvalue weighted by molar-refractivity contribution is 5.83. The maximum Gasteiger partial charge on any atom is 0.161 e. The number of Topliss-reactive ketones (excluding diaryl/α,β-unsaturated/α-hetero) is 1. The van der Waals surface area contributed by atoms with E-state index in [1.807, 2.05) is 0 Å². The summed E-state index contributed by atoms with van der Waals surface area (Å²) in [5.74, 6) is 0.333. The predicted molar refractivity (Wildman–Crippen MR) is 36.8 cm³/mol. The second kappa shape index (κ2) is 2.35. The summed E-state index contributed by atoms with van der Waals surface area (Å²) >= 11 is 0. The first-order chi connectivity index (χ1) is 4.86.